The molecular formula is C15H27N3O. The summed E-state index contributed by atoms with van der Waals surface area (Å²) in [6.45, 7) is 10.4. The largest absolute Gasteiger partial charge is 0.374 e. The van der Waals surface area contributed by atoms with Crippen LogP contribution in [0.25, 0.3) is 0 Å². The maximum atomic E-state index is 6.05. The summed E-state index contributed by atoms with van der Waals surface area (Å²) in [5.74, 6) is 0. The number of rotatable bonds is 5. The normalized spacial score (nSPS) is 22.9. The van der Waals surface area contributed by atoms with Crippen molar-refractivity contribution < 1.29 is 4.74 Å². The summed E-state index contributed by atoms with van der Waals surface area (Å²) >= 11 is 0. The van der Waals surface area contributed by atoms with Crippen molar-refractivity contribution in [2.24, 2.45) is 5.73 Å². The highest BCUT2D eigenvalue weighted by molar-refractivity contribution is 5.14. The van der Waals surface area contributed by atoms with Crippen LogP contribution in [0.5, 0.6) is 0 Å². The summed E-state index contributed by atoms with van der Waals surface area (Å²) in [6, 6.07) is 2.87. The third-order valence-electron chi connectivity index (χ3n) is 3.96. The average molecular weight is 265 g/mol. The Morgan fingerprint density at radius 2 is 2.26 bits per heavy atom. The van der Waals surface area contributed by atoms with Crippen molar-refractivity contribution in [1.82, 2.24) is 9.47 Å². The molecule has 0 aliphatic carbocycles. The van der Waals surface area contributed by atoms with E-state index in [2.05, 4.69) is 48.7 Å². The number of nitrogens with two attached hydrogens (primary N) is 1. The number of nitrogens with zero attached hydrogens (tertiary/aromatic N) is 2. The summed E-state index contributed by atoms with van der Waals surface area (Å²) in [5.41, 5.74) is 7.27. The number of morpholine rings is 1. The Labute approximate surface area is 116 Å². The molecule has 1 aliphatic heterocycles. The molecule has 2 atom stereocenters. The highest BCUT2D eigenvalue weighted by Crippen LogP contribution is 2.16. The summed E-state index contributed by atoms with van der Waals surface area (Å²) in [7, 11) is 0. The zero-order chi connectivity index (χ0) is 13.8. The van der Waals surface area contributed by atoms with Gasteiger partial charge in [-0.05, 0) is 31.9 Å². The van der Waals surface area contributed by atoms with Crippen LogP contribution < -0.4 is 5.73 Å². The summed E-state index contributed by atoms with van der Waals surface area (Å²) < 4.78 is 8.07. The SMILES string of the molecule is CCC(N)c1ccn(CC2CN(C(C)C)CCO2)c1. The first kappa shape index (κ1) is 14.6. The molecule has 1 fully saturated rings. The molecule has 2 unspecified atom stereocenters. The Hall–Kier alpha value is -0.840. The van der Waals surface area contributed by atoms with Gasteiger partial charge in [0, 0.05) is 44.1 Å². The van der Waals surface area contributed by atoms with Crippen molar-refractivity contribution in [1.29, 1.82) is 0 Å². The van der Waals surface area contributed by atoms with E-state index in [1.807, 2.05) is 0 Å². The topological polar surface area (TPSA) is 43.4 Å². The zero-order valence-electron chi connectivity index (χ0n) is 12.4. The van der Waals surface area contributed by atoms with Crippen molar-refractivity contribution in [3.8, 4) is 0 Å². The second-order valence-electron chi connectivity index (χ2n) is 5.74. The molecule has 0 radical (unpaired) electrons. The standard InChI is InChI=1S/C15H27N3O/c1-4-15(16)13-5-6-17(9-13)10-14-11-18(12(2)3)7-8-19-14/h5-6,9,12,14-15H,4,7-8,10-11,16H2,1-3H3. The monoisotopic (exact) mass is 265 g/mol. The molecule has 2 rings (SSSR count). The Balaban J connectivity index is 1.91. The van der Waals surface area contributed by atoms with Crippen LogP contribution in [-0.2, 0) is 11.3 Å². The number of aromatic nitrogens is 1. The molecule has 4 nitrogen and oxygen atoms in total. The molecule has 0 amide bonds. The number of ether oxygens (including phenoxy) is 1. The molecule has 4 heteroatoms. The van der Waals surface area contributed by atoms with Gasteiger partial charge >= 0.3 is 0 Å². The molecule has 1 aromatic rings. The Morgan fingerprint density at radius 3 is 2.95 bits per heavy atom. The van der Waals surface area contributed by atoms with E-state index in [1.165, 1.54) is 5.56 Å². The lowest BCUT2D eigenvalue weighted by molar-refractivity contribution is -0.0455. The minimum atomic E-state index is 0.153. The van der Waals surface area contributed by atoms with Gasteiger partial charge in [-0.15, -0.1) is 0 Å². The Bertz CT molecular complexity index is 388. The van der Waals surface area contributed by atoms with E-state index >= 15 is 0 Å². The van der Waals surface area contributed by atoms with Crippen LogP contribution in [0.3, 0.4) is 0 Å². The maximum Gasteiger partial charge on any atom is 0.0881 e. The van der Waals surface area contributed by atoms with Gasteiger partial charge in [-0.2, -0.15) is 0 Å². The number of hydrogen-bond acceptors (Lipinski definition) is 3. The second-order valence-corrected chi connectivity index (χ2v) is 5.74. The zero-order valence-corrected chi connectivity index (χ0v) is 12.4. The van der Waals surface area contributed by atoms with Crippen LogP contribution >= 0.6 is 0 Å². The summed E-state index contributed by atoms with van der Waals surface area (Å²) in [5, 5.41) is 0. The highest BCUT2D eigenvalue weighted by atomic mass is 16.5. The molecule has 108 valence electrons. The van der Waals surface area contributed by atoms with Gasteiger partial charge < -0.3 is 15.0 Å². The third kappa shape index (κ3) is 3.81. The lowest BCUT2D eigenvalue weighted by Gasteiger charge is -2.35. The van der Waals surface area contributed by atoms with Crippen LogP contribution in [0.4, 0.5) is 0 Å². The molecule has 1 aliphatic rings. The van der Waals surface area contributed by atoms with Gasteiger partial charge in [0.15, 0.2) is 0 Å². The van der Waals surface area contributed by atoms with Crippen LogP contribution in [0, 0.1) is 0 Å². The quantitative estimate of drug-likeness (QED) is 0.885. The lowest BCUT2D eigenvalue weighted by atomic mass is 10.1. The van der Waals surface area contributed by atoms with Crippen LogP contribution in [0.1, 0.15) is 38.8 Å². The molecule has 0 bridgehead atoms. The molecule has 0 spiro atoms. The smallest absolute Gasteiger partial charge is 0.0881 e. The van der Waals surface area contributed by atoms with Crippen LogP contribution in [0.2, 0.25) is 0 Å². The van der Waals surface area contributed by atoms with Gasteiger partial charge in [0.25, 0.3) is 0 Å². The lowest BCUT2D eigenvalue weighted by Crippen LogP contribution is -2.47. The molecule has 2 heterocycles. The fraction of sp³-hybridized carbons (Fsp3) is 0.733. The van der Waals surface area contributed by atoms with Gasteiger partial charge in [0.05, 0.1) is 12.7 Å². The molecule has 1 aromatic heterocycles. The van der Waals surface area contributed by atoms with Gasteiger partial charge in [0.2, 0.25) is 0 Å². The summed E-state index contributed by atoms with van der Waals surface area (Å²) in [6.07, 6.45) is 5.54. The van der Waals surface area contributed by atoms with E-state index in [1.54, 1.807) is 0 Å². The first-order chi connectivity index (χ1) is 9.10. The minimum absolute atomic E-state index is 0.153. The third-order valence-corrected chi connectivity index (χ3v) is 3.96. The molecule has 0 aromatic carbocycles. The van der Waals surface area contributed by atoms with Gasteiger partial charge in [-0.25, -0.2) is 0 Å². The molecule has 0 saturated carbocycles. The van der Waals surface area contributed by atoms with Crippen LogP contribution in [-0.4, -0.2) is 41.3 Å². The van der Waals surface area contributed by atoms with Crippen molar-refractivity contribution in [3.05, 3.63) is 24.0 Å². The van der Waals surface area contributed by atoms with E-state index in [-0.39, 0.29) is 12.1 Å². The van der Waals surface area contributed by atoms with Gasteiger partial charge in [0.1, 0.15) is 0 Å². The van der Waals surface area contributed by atoms with E-state index < -0.39 is 0 Å². The van der Waals surface area contributed by atoms with E-state index in [0.29, 0.717) is 6.04 Å². The molecule has 19 heavy (non-hydrogen) atoms. The first-order valence-electron chi connectivity index (χ1n) is 7.37. The van der Waals surface area contributed by atoms with Crippen molar-refractivity contribution in [3.63, 3.8) is 0 Å². The van der Waals surface area contributed by atoms with Crippen molar-refractivity contribution >= 4 is 0 Å². The van der Waals surface area contributed by atoms with E-state index in [9.17, 15) is 0 Å². The number of hydrogen-bond donors (Lipinski definition) is 1. The van der Waals surface area contributed by atoms with Crippen molar-refractivity contribution in [2.75, 3.05) is 19.7 Å². The summed E-state index contributed by atoms with van der Waals surface area (Å²) in [4.78, 5) is 2.48. The predicted octanol–water partition coefficient (Wildman–Crippen LogP) is 2.01. The predicted molar refractivity (Wildman–Crippen MR) is 78.1 cm³/mol. The first-order valence-corrected chi connectivity index (χ1v) is 7.37. The minimum Gasteiger partial charge on any atom is -0.374 e. The second kappa shape index (κ2) is 6.55. The van der Waals surface area contributed by atoms with Crippen LogP contribution in [0.15, 0.2) is 18.5 Å². The fourth-order valence-electron chi connectivity index (χ4n) is 2.58. The van der Waals surface area contributed by atoms with Gasteiger partial charge in [-0.1, -0.05) is 6.92 Å². The molecule has 1 saturated heterocycles. The highest BCUT2D eigenvalue weighted by Gasteiger charge is 2.22. The van der Waals surface area contributed by atoms with E-state index in [4.69, 9.17) is 10.5 Å². The van der Waals surface area contributed by atoms with E-state index in [0.717, 1.165) is 32.7 Å². The molecular weight excluding hydrogens is 238 g/mol. The Kier molecular flexibility index (Phi) is 5.02. The molecule has 2 N–H and O–H groups in total. The fourth-order valence-corrected chi connectivity index (χ4v) is 2.58. The van der Waals surface area contributed by atoms with Crippen molar-refractivity contribution in [2.45, 2.75) is 51.9 Å². The maximum absolute atomic E-state index is 6.05. The Morgan fingerprint density at radius 1 is 1.47 bits per heavy atom. The van der Waals surface area contributed by atoms with Gasteiger partial charge in [-0.3, -0.25) is 4.90 Å². The average Bonchev–Trinajstić information content (AvgIpc) is 2.86.